The van der Waals surface area contributed by atoms with Crippen molar-refractivity contribution in [1.29, 1.82) is 0 Å². The molecule has 0 aromatic carbocycles. The maximum Gasteiger partial charge on any atom is 0.146 e. The van der Waals surface area contributed by atoms with Gasteiger partial charge < -0.3 is 9.74 Å². The molecule has 0 radical (unpaired) electrons. The van der Waals surface area contributed by atoms with Crippen LogP contribution in [0.3, 0.4) is 0 Å². The zero-order chi connectivity index (χ0) is 5.82. The molecule has 0 amide bonds. The lowest BCUT2D eigenvalue weighted by Crippen LogP contribution is -2.31. The minimum absolute atomic E-state index is 0.586. The summed E-state index contributed by atoms with van der Waals surface area (Å²) in [6, 6.07) is 0. The summed E-state index contributed by atoms with van der Waals surface area (Å²) in [6.45, 7) is 2.29. The van der Waals surface area contributed by atoms with Gasteiger partial charge in [0.2, 0.25) is 0 Å². The van der Waals surface area contributed by atoms with Gasteiger partial charge in [-0.25, -0.2) is 0 Å². The predicted octanol–water partition coefficient (Wildman–Crippen LogP) is -0.965. The smallest absolute Gasteiger partial charge is 0.146 e. The first-order valence-corrected chi connectivity index (χ1v) is 3.98. The molecule has 0 aromatic rings. The Balaban J connectivity index is 2.13. The van der Waals surface area contributed by atoms with Crippen LogP contribution < -0.4 is 5.32 Å². The topological polar surface area (TPSA) is 21.3 Å². The summed E-state index contributed by atoms with van der Waals surface area (Å²) >= 11 is 0. The monoisotopic (exact) mass is 131 g/mol. The van der Waals surface area contributed by atoms with Gasteiger partial charge in [0, 0.05) is 6.10 Å². The van der Waals surface area contributed by atoms with Crippen LogP contribution in [0.15, 0.2) is 0 Å². The van der Waals surface area contributed by atoms with Gasteiger partial charge in [0.15, 0.2) is 0 Å². The number of hydrogen-bond acceptors (Lipinski definition) is 2. The minimum Gasteiger partial charge on any atom is -0.425 e. The molecule has 0 unspecified atom stereocenters. The first-order chi connectivity index (χ1) is 3.93. The van der Waals surface area contributed by atoms with Crippen molar-refractivity contribution < 1.29 is 4.43 Å². The molecule has 2 nitrogen and oxygen atoms in total. The van der Waals surface area contributed by atoms with Crippen LogP contribution in [-0.2, 0) is 4.43 Å². The molecule has 0 atom stereocenters. The highest BCUT2D eigenvalue weighted by Gasteiger charge is 2.09. The van der Waals surface area contributed by atoms with Crippen molar-refractivity contribution in [3.05, 3.63) is 0 Å². The Bertz CT molecular complexity index is 63.4. The second-order valence-corrected chi connectivity index (χ2v) is 2.66. The Morgan fingerprint density at radius 3 is 2.38 bits per heavy atom. The van der Waals surface area contributed by atoms with Gasteiger partial charge in [-0.05, 0) is 25.9 Å². The van der Waals surface area contributed by atoms with Crippen molar-refractivity contribution in [1.82, 2.24) is 5.32 Å². The quantitative estimate of drug-likeness (QED) is 0.463. The van der Waals surface area contributed by atoms with E-state index in [-0.39, 0.29) is 0 Å². The Kier molecular flexibility index (Phi) is 2.52. The van der Waals surface area contributed by atoms with Crippen LogP contribution >= 0.6 is 0 Å². The minimum atomic E-state index is 0.586. The summed E-state index contributed by atoms with van der Waals surface area (Å²) in [4.78, 5) is 0. The maximum absolute atomic E-state index is 5.29. The van der Waals surface area contributed by atoms with Crippen LogP contribution in [0.2, 0.25) is 0 Å². The van der Waals surface area contributed by atoms with Gasteiger partial charge in [-0.2, -0.15) is 0 Å². The molecule has 0 bridgehead atoms. The van der Waals surface area contributed by atoms with E-state index in [0.29, 0.717) is 6.10 Å². The number of piperidine rings is 1. The largest absolute Gasteiger partial charge is 0.425 e. The average Bonchev–Trinajstić information content (AvgIpc) is 1.90. The first kappa shape index (κ1) is 6.26. The van der Waals surface area contributed by atoms with Crippen LogP contribution in [0.5, 0.6) is 0 Å². The molecule has 1 rings (SSSR count). The molecular weight excluding hydrogens is 118 g/mol. The SMILES string of the molecule is [SiH3]OC1CCNCC1. The fourth-order valence-corrected chi connectivity index (χ4v) is 1.50. The van der Waals surface area contributed by atoms with Gasteiger partial charge in [-0.1, -0.05) is 0 Å². The first-order valence-electron chi connectivity index (χ1n) is 3.17. The van der Waals surface area contributed by atoms with Crippen molar-refractivity contribution in [3.8, 4) is 0 Å². The molecule has 0 saturated carbocycles. The molecule has 0 spiro atoms. The van der Waals surface area contributed by atoms with Crippen molar-refractivity contribution in [2.45, 2.75) is 18.9 Å². The van der Waals surface area contributed by atoms with Gasteiger partial charge in [0.25, 0.3) is 0 Å². The Labute approximate surface area is 53.2 Å². The third kappa shape index (κ3) is 1.58. The lowest BCUT2D eigenvalue weighted by Gasteiger charge is -2.21. The number of hydrogen-bond donors (Lipinski definition) is 1. The summed E-state index contributed by atoms with van der Waals surface area (Å²) in [5, 5.41) is 3.28. The average molecular weight is 131 g/mol. The van der Waals surface area contributed by atoms with E-state index in [1.165, 1.54) is 12.8 Å². The van der Waals surface area contributed by atoms with E-state index >= 15 is 0 Å². The van der Waals surface area contributed by atoms with E-state index in [0.717, 1.165) is 23.6 Å². The third-order valence-electron chi connectivity index (χ3n) is 1.62. The second kappa shape index (κ2) is 3.22. The fraction of sp³-hybridized carbons (Fsp3) is 1.00. The van der Waals surface area contributed by atoms with Gasteiger partial charge >= 0.3 is 0 Å². The molecule has 8 heavy (non-hydrogen) atoms. The summed E-state index contributed by atoms with van der Waals surface area (Å²) in [5.41, 5.74) is 0. The van der Waals surface area contributed by atoms with E-state index in [1.54, 1.807) is 0 Å². The molecule has 0 aliphatic carbocycles. The summed E-state index contributed by atoms with van der Waals surface area (Å²) in [7, 11) is 0.902. The molecule has 1 aliphatic heterocycles. The normalized spacial score (nSPS) is 24.0. The molecular formula is C5H13NOSi. The zero-order valence-electron chi connectivity index (χ0n) is 5.31. The van der Waals surface area contributed by atoms with Crippen LogP contribution in [0, 0.1) is 0 Å². The molecule has 0 aromatic heterocycles. The van der Waals surface area contributed by atoms with Crippen molar-refractivity contribution in [2.24, 2.45) is 0 Å². The van der Waals surface area contributed by atoms with Gasteiger partial charge in [-0.3, -0.25) is 0 Å². The second-order valence-electron chi connectivity index (χ2n) is 2.19. The summed E-state index contributed by atoms with van der Waals surface area (Å²) in [6.07, 6.45) is 3.01. The Hall–Kier alpha value is 0.137. The highest BCUT2D eigenvalue weighted by atomic mass is 28.2. The summed E-state index contributed by atoms with van der Waals surface area (Å²) in [5.74, 6) is 0. The highest BCUT2D eigenvalue weighted by molar-refractivity contribution is 5.98. The lowest BCUT2D eigenvalue weighted by atomic mass is 10.1. The Morgan fingerprint density at radius 1 is 1.38 bits per heavy atom. The number of nitrogens with one attached hydrogen (secondary N) is 1. The van der Waals surface area contributed by atoms with Gasteiger partial charge in [-0.15, -0.1) is 0 Å². The Morgan fingerprint density at radius 2 is 2.00 bits per heavy atom. The summed E-state index contributed by atoms with van der Waals surface area (Å²) < 4.78 is 5.29. The maximum atomic E-state index is 5.29. The van der Waals surface area contributed by atoms with E-state index in [2.05, 4.69) is 5.32 Å². The molecule has 3 heteroatoms. The molecule has 1 fully saturated rings. The van der Waals surface area contributed by atoms with Crippen LogP contribution in [0.1, 0.15) is 12.8 Å². The van der Waals surface area contributed by atoms with E-state index < -0.39 is 0 Å². The van der Waals surface area contributed by atoms with Crippen LogP contribution in [-0.4, -0.2) is 29.7 Å². The standard InChI is InChI=1S/C5H13NOSi/c8-7-5-1-3-6-4-2-5/h5-6H,1-4H2,8H3. The molecule has 1 heterocycles. The van der Waals surface area contributed by atoms with Crippen molar-refractivity contribution in [2.75, 3.05) is 13.1 Å². The van der Waals surface area contributed by atoms with Crippen molar-refractivity contribution in [3.63, 3.8) is 0 Å². The van der Waals surface area contributed by atoms with E-state index in [9.17, 15) is 0 Å². The molecule has 1 saturated heterocycles. The molecule has 48 valence electrons. The van der Waals surface area contributed by atoms with Gasteiger partial charge in [0.1, 0.15) is 10.5 Å². The van der Waals surface area contributed by atoms with Crippen LogP contribution in [0.25, 0.3) is 0 Å². The third-order valence-corrected chi connectivity index (χ3v) is 2.29. The fourth-order valence-electron chi connectivity index (χ4n) is 1.03. The van der Waals surface area contributed by atoms with E-state index in [1.807, 2.05) is 0 Å². The lowest BCUT2D eigenvalue weighted by molar-refractivity contribution is 0.178. The van der Waals surface area contributed by atoms with Gasteiger partial charge in [0.05, 0.1) is 0 Å². The molecule has 1 aliphatic rings. The highest BCUT2D eigenvalue weighted by Crippen LogP contribution is 2.03. The predicted molar refractivity (Wildman–Crippen MR) is 36.9 cm³/mol. The molecule has 1 N–H and O–H groups in total. The van der Waals surface area contributed by atoms with Crippen LogP contribution in [0.4, 0.5) is 0 Å². The van der Waals surface area contributed by atoms with Crippen molar-refractivity contribution >= 4 is 10.5 Å². The number of rotatable bonds is 1. The van der Waals surface area contributed by atoms with E-state index in [4.69, 9.17) is 4.43 Å². The zero-order valence-corrected chi connectivity index (χ0v) is 7.31.